The summed E-state index contributed by atoms with van der Waals surface area (Å²) >= 11 is 0. The molecule has 1 atom stereocenters. The van der Waals surface area contributed by atoms with Gasteiger partial charge in [0.25, 0.3) is 0 Å². The Balaban J connectivity index is 2.28. The van der Waals surface area contributed by atoms with Gasteiger partial charge in [0.05, 0.1) is 12.6 Å². The van der Waals surface area contributed by atoms with Crippen LogP contribution in [0.4, 0.5) is 0 Å². The van der Waals surface area contributed by atoms with Gasteiger partial charge < -0.3 is 15.6 Å². The van der Waals surface area contributed by atoms with Crippen molar-refractivity contribution in [3.05, 3.63) is 29.3 Å². The summed E-state index contributed by atoms with van der Waals surface area (Å²) in [5, 5.41) is 9.02. The minimum absolute atomic E-state index is 0.0227. The maximum absolute atomic E-state index is 9.02. The van der Waals surface area contributed by atoms with Gasteiger partial charge >= 0.3 is 0 Å². The minimum Gasteiger partial charge on any atom is -0.488 e. The Labute approximate surface area is 96.2 Å². The van der Waals surface area contributed by atoms with Crippen LogP contribution in [0.5, 0.6) is 5.75 Å². The number of ether oxygens (including phenoxy) is 1. The van der Waals surface area contributed by atoms with Crippen LogP contribution < -0.4 is 10.5 Å². The monoisotopic (exact) mass is 221 g/mol. The van der Waals surface area contributed by atoms with Gasteiger partial charge in [0, 0.05) is 0 Å². The van der Waals surface area contributed by atoms with E-state index in [-0.39, 0.29) is 18.2 Å². The SMILES string of the molecule is CC1(C)CCc2cc(C(N)CO)ccc2O1. The Hall–Kier alpha value is -1.06. The summed E-state index contributed by atoms with van der Waals surface area (Å²) in [5.41, 5.74) is 7.89. The topological polar surface area (TPSA) is 55.5 Å². The smallest absolute Gasteiger partial charge is 0.123 e. The number of aliphatic hydroxyl groups excluding tert-OH is 1. The number of rotatable bonds is 2. The maximum atomic E-state index is 9.02. The average Bonchev–Trinajstić information content (AvgIpc) is 2.26. The molecule has 1 heterocycles. The number of benzene rings is 1. The molecule has 1 aliphatic heterocycles. The number of hydrogen-bond acceptors (Lipinski definition) is 3. The zero-order valence-corrected chi connectivity index (χ0v) is 9.86. The fourth-order valence-electron chi connectivity index (χ4n) is 2.01. The lowest BCUT2D eigenvalue weighted by atomic mass is 9.92. The molecule has 0 aliphatic carbocycles. The molecule has 3 N–H and O–H groups in total. The van der Waals surface area contributed by atoms with E-state index in [9.17, 15) is 0 Å². The first-order valence-corrected chi connectivity index (χ1v) is 5.70. The van der Waals surface area contributed by atoms with Gasteiger partial charge in [-0.1, -0.05) is 12.1 Å². The highest BCUT2D eigenvalue weighted by Crippen LogP contribution is 2.34. The first kappa shape index (κ1) is 11.4. The van der Waals surface area contributed by atoms with Gasteiger partial charge in [0.15, 0.2) is 0 Å². The third kappa shape index (κ3) is 2.20. The number of fused-ring (bicyclic) bond motifs is 1. The van der Waals surface area contributed by atoms with Crippen molar-refractivity contribution in [2.45, 2.75) is 38.3 Å². The predicted molar refractivity (Wildman–Crippen MR) is 63.5 cm³/mol. The molecule has 0 spiro atoms. The van der Waals surface area contributed by atoms with E-state index >= 15 is 0 Å². The second-order valence-corrected chi connectivity index (χ2v) is 5.02. The summed E-state index contributed by atoms with van der Waals surface area (Å²) < 4.78 is 5.88. The second kappa shape index (κ2) is 4.07. The van der Waals surface area contributed by atoms with E-state index < -0.39 is 0 Å². The fourth-order valence-corrected chi connectivity index (χ4v) is 2.01. The molecule has 0 fully saturated rings. The van der Waals surface area contributed by atoms with Crippen molar-refractivity contribution in [3.63, 3.8) is 0 Å². The summed E-state index contributed by atoms with van der Waals surface area (Å²) in [7, 11) is 0. The number of nitrogens with two attached hydrogens (primary N) is 1. The summed E-state index contributed by atoms with van der Waals surface area (Å²) in [5.74, 6) is 0.949. The van der Waals surface area contributed by atoms with Gasteiger partial charge in [0.1, 0.15) is 11.4 Å². The highest BCUT2D eigenvalue weighted by atomic mass is 16.5. The van der Waals surface area contributed by atoms with Crippen LogP contribution in [0.25, 0.3) is 0 Å². The molecule has 0 bridgehead atoms. The Bertz CT molecular complexity index is 388. The third-order valence-electron chi connectivity index (χ3n) is 3.09. The summed E-state index contributed by atoms with van der Waals surface area (Å²) in [6, 6.07) is 5.65. The Morgan fingerprint density at radius 1 is 1.50 bits per heavy atom. The van der Waals surface area contributed by atoms with E-state index in [4.69, 9.17) is 15.6 Å². The van der Waals surface area contributed by atoms with Crippen LogP contribution in [-0.2, 0) is 6.42 Å². The van der Waals surface area contributed by atoms with Crippen molar-refractivity contribution in [2.75, 3.05) is 6.61 Å². The zero-order chi connectivity index (χ0) is 11.8. The molecule has 1 aliphatic rings. The van der Waals surface area contributed by atoms with Crippen LogP contribution in [0.15, 0.2) is 18.2 Å². The number of aryl methyl sites for hydroxylation is 1. The Kier molecular flexibility index (Phi) is 2.91. The van der Waals surface area contributed by atoms with Crippen LogP contribution in [0.1, 0.15) is 37.4 Å². The second-order valence-electron chi connectivity index (χ2n) is 5.02. The first-order valence-electron chi connectivity index (χ1n) is 5.70. The van der Waals surface area contributed by atoms with Gasteiger partial charge in [-0.05, 0) is 43.9 Å². The lowest BCUT2D eigenvalue weighted by Crippen LogP contribution is -2.32. The quantitative estimate of drug-likeness (QED) is 0.800. The highest BCUT2D eigenvalue weighted by molar-refractivity contribution is 5.40. The molecular formula is C13H19NO2. The Morgan fingerprint density at radius 3 is 2.94 bits per heavy atom. The molecule has 16 heavy (non-hydrogen) atoms. The van der Waals surface area contributed by atoms with E-state index in [2.05, 4.69) is 13.8 Å². The molecule has 3 heteroatoms. The van der Waals surface area contributed by atoms with Gasteiger partial charge in [-0.3, -0.25) is 0 Å². The normalized spacial score (nSPS) is 19.8. The molecule has 1 unspecified atom stereocenters. The average molecular weight is 221 g/mol. The summed E-state index contributed by atoms with van der Waals surface area (Å²) in [6.07, 6.45) is 2.02. The molecule has 0 saturated heterocycles. The molecule has 1 aromatic rings. The standard InChI is InChI=1S/C13H19NO2/c1-13(2)6-5-10-7-9(11(14)8-15)3-4-12(10)16-13/h3-4,7,11,15H,5-6,8,14H2,1-2H3. The third-order valence-corrected chi connectivity index (χ3v) is 3.09. The van der Waals surface area contributed by atoms with E-state index in [0.29, 0.717) is 0 Å². The largest absolute Gasteiger partial charge is 0.488 e. The molecule has 2 rings (SSSR count). The highest BCUT2D eigenvalue weighted by Gasteiger charge is 2.26. The first-order chi connectivity index (χ1) is 7.52. The predicted octanol–water partition coefficient (Wildman–Crippen LogP) is 1.78. The van der Waals surface area contributed by atoms with Crippen LogP contribution in [0, 0.1) is 0 Å². The Morgan fingerprint density at radius 2 is 2.25 bits per heavy atom. The van der Waals surface area contributed by atoms with Crippen molar-refractivity contribution in [3.8, 4) is 5.75 Å². The van der Waals surface area contributed by atoms with Gasteiger partial charge in [-0.25, -0.2) is 0 Å². The van der Waals surface area contributed by atoms with Crippen LogP contribution in [-0.4, -0.2) is 17.3 Å². The molecular weight excluding hydrogens is 202 g/mol. The van der Waals surface area contributed by atoms with Crippen LogP contribution in [0.3, 0.4) is 0 Å². The lowest BCUT2D eigenvalue weighted by Gasteiger charge is -2.33. The number of aliphatic hydroxyl groups is 1. The number of hydrogen-bond donors (Lipinski definition) is 2. The van der Waals surface area contributed by atoms with Crippen LogP contribution in [0.2, 0.25) is 0 Å². The fraction of sp³-hybridized carbons (Fsp3) is 0.538. The van der Waals surface area contributed by atoms with E-state index in [1.165, 1.54) is 5.56 Å². The summed E-state index contributed by atoms with van der Waals surface area (Å²) in [6.45, 7) is 4.18. The van der Waals surface area contributed by atoms with Crippen molar-refractivity contribution < 1.29 is 9.84 Å². The molecule has 1 aromatic carbocycles. The summed E-state index contributed by atoms with van der Waals surface area (Å²) in [4.78, 5) is 0. The van der Waals surface area contributed by atoms with E-state index in [1.807, 2.05) is 18.2 Å². The lowest BCUT2D eigenvalue weighted by molar-refractivity contribution is 0.0846. The molecule has 0 aromatic heterocycles. The molecule has 3 nitrogen and oxygen atoms in total. The van der Waals surface area contributed by atoms with Crippen molar-refractivity contribution in [1.29, 1.82) is 0 Å². The zero-order valence-electron chi connectivity index (χ0n) is 9.86. The van der Waals surface area contributed by atoms with Gasteiger partial charge in [0.2, 0.25) is 0 Å². The van der Waals surface area contributed by atoms with Crippen molar-refractivity contribution >= 4 is 0 Å². The van der Waals surface area contributed by atoms with E-state index in [1.54, 1.807) is 0 Å². The van der Waals surface area contributed by atoms with Gasteiger partial charge in [-0.15, -0.1) is 0 Å². The van der Waals surface area contributed by atoms with E-state index in [0.717, 1.165) is 24.2 Å². The minimum atomic E-state index is -0.291. The van der Waals surface area contributed by atoms with Gasteiger partial charge in [-0.2, -0.15) is 0 Å². The maximum Gasteiger partial charge on any atom is 0.123 e. The van der Waals surface area contributed by atoms with Crippen LogP contribution >= 0.6 is 0 Å². The van der Waals surface area contributed by atoms with Crippen molar-refractivity contribution in [1.82, 2.24) is 0 Å². The molecule has 0 radical (unpaired) electrons. The van der Waals surface area contributed by atoms with Crippen molar-refractivity contribution in [2.24, 2.45) is 5.73 Å². The molecule has 0 saturated carbocycles. The molecule has 88 valence electrons. The molecule has 0 amide bonds.